The lowest BCUT2D eigenvalue weighted by Crippen LogP contribution is -2.17. The first-order chi connectivity index (χ1) is 13.7. The summed E-state index contributed by atoms with van der Waals surface area (Å²) >= 11 is 6.04. The Morgan fingerprint density at radius 3 is 2.62 bits per heavy atom. The fourth-order valence-corrected chi connectivity index (χ4v) is 3.37. The molecule has 0 aliphatic carbocycles. The Morgan fingerprint density at radius 2 is 1.93 bits per heavy atom. The first kappa shape index (κ1) is 20.7. The smallest absolute Gasteiger partial charge is 0.241 e. The molecular formula is C19H15ClFN3O4S. The third kappa shape index (κ3) is 5.50. The second kappa shape index (κ2) is 8.56. The zero-order valence-corrected chi connectivity index (χ0v) is 16.4. The van der Waals surface area contributed by atoms with E-state index in [1.807, 2.05) is 0 Å². The number of primary sulfonamides is 1. The molecule has 0 aliphatic rings. The van der Waals surface area contributed by atoms with Gasteiger partial charge in [-0.3, -0.25) is 9.78 Å². The van der Waals surface area contributed by atoms with E-state index in [1.165, 1.54) is 18.3 Å². The molecule has 0 bridgehead atoms. The van der Waals surface area contributed by atoms with E-state index in [9.17, 15) is 17.6 Å². The molecule has 1 amide bonds. The summed E-state index contributed by atoms with van der Waals surface area (Å²) in [6.07, 6.45) is 2.19. The van der Waals surface area contributed by atoms with Crippen LogP contribution in [0, 0.1) is 5.82 Å². The highest BCUT2D eigenvalue weighted by Gasteiger charge is 2.18. The van der Waals surface area contributed by atoms with E-state index in [-0.39, 0.29) is 28.5 Å². The van der Waals surface area contributed by atoms with Gasteiger partial charge in [-0.05, 0) is 29.8 Å². The Balaban J connectivity index is 1.84. The number of nitrogens with two attached hydrogens (primary N) is 1. The van der Waals surface area contributed by atoms with Crippen LogP contribution in [0.4, 0.5) is 10.1 Å². The Bertz CT molecular complexity index is 1170. The van der Waals surface area contributed by atoms with Crippen molar-refractivity contribution >= 4 is 33.2 Å². The van der Waals surface area contributed by atoms with Gasteiger partial charge in [0.1, 0.15) is 22.2 Å². The molecule has 0 fully saturated rings. The van der Waals surface area contributed by atoms with Crippen LogP contribution in [0.15, 0.2) is 65.8 Å². The molecule has 29 heavy (non-hydrogen) atoms. The van der Waals surface area contributed by atoms with Gasteiger partial charge in [-0.15, -0.1) is 0 Å². The number of nitrogens with zero attached hydrogens (tertiary/aromatic N) is 1. The van der Waals surface area contributed by atoms with Crippen molar-refractivity contribution in [3.05, 3.63) is 77.3 Å². The summed E-state index contributed by atoms with van der Waals surface area (Å²) in [5, 5.41) is 8.29. The molecule has 3 rings (SSSR count). The number of nitrogens with one attached hydrogen (secondary N) is 1. The third-order valence-corrected chi connectivity index (χ3v) is 5.05. The molecule has 3 N–H and O–H groups in total. The monoisotopic (exact) mass is 435 g/mol. The number of rotatable bonds is 6. The van der Waals surface area contributed by atoms with Gasteiger partial charge >= 0.3 is 0 Å². The molecule has 1 heterocycles. The van der Waals surface area contributed by atoms with Crippen molar-refractivity contribution in [2.45, 2.75) is 11.3 Å². The summed E-state index contributed by atoms with van der Waals surface area (Å²) in [7, 11) is -4.20. The van der Waals surface area contributed by atoms with Crippen LogP contribution in [-0.4, -0.2) is 19.3 Å². The van der Waals surface area contributed by atoms with Gasteiger partial charge in [0, 0.05) is 16.8 Å². The number of ether oxygens (including phenoxy) is 1. The number of hydrogen-bond acceptors (Lipinski definition) is 5. The second-order valence-corrected chi connectivity index (χ2v) is 7.90. The molecule has 0 aliphatic heterocycles. The molecule has 0 unspecified atom stereocenters. The minimum absolute atomic E-state index is 0.00239. The van der Waals surface area contributed by atoms with Gasteiger partial charge in [0.15, 0.2) is 0 Å². The highest BCUT2D eigenvalue weighted by Crippen LogP contribution is 2.30. The van der Waals surface area contributed by atoms with Crippen LogP contribution in [-0.2, 0) is 21.2 Å². The lowest BCUT2D eigenvalue weighted by atomic mass is 10.1. The summed E-state index contributed by atoms with van der Waals surface area (Å²) < 4.78 is 42.6. The van der Waals surface area contributed by atoms with Crippen molar-refractivity contribution in [2.75, 3.05) is 5.32 Å². The number of amides is 1. The highest BCUT2D eigenvalue weighted by molar-refractivity contribution is 7.89. The van der Waals surface area contributed by atoms with Crippen LogP contribution < -0.4 is 15.2 Å². The summed E-state index contributed by atoms with van der Waals surface area (Å²) in [5.41, 5.74) is 0.813. The molecular weight excluding hydrogens is 421 g/mol. The van der Waals surface area contributed by atoms with Gasteiger partial charge in [0.25, 0.3) is 0 Å². The number of aromatic nitrogens is 1. The van der Waals surface area contributed by atoms with E-state index in [2.05, 4.69) is 10.3 Å². The van der Waals surface area contributed by atoms with E-state index in [0.717, 1.165) is 18.3 Å². The van der Waals surface area contributed by atoms with Gasteiger partial charge in [-0.25, -0.2) is 17.9 Å². The summed E-state index contributed by atoms with van der Waals surface area (Å²) in [4.78, 5) is 15.5. The van der Waals surface area contributed by atoms with Crippen molar-refractivity contribution < 1.29 is 22.3 Å². The number of sulfonamides is 1. The maximum atomic E-state index is 13.3. The first-order valence-electron chi connectivity index (χ1n) is 8.21. The molecule has 150 valence electrons. The third-order valence-electron chi connectivity index (χ3n) is 3.75. The van der Waals surface area contributed by atoms with Gasteiger partial charge in [0.2, 0.25) is 15.9 Å². The maximum absolute atomic E-state index is 13.3. The van der Waals surface area contributed by atoms with Gasteiger partial charge in [0.05, 0.1) is 18.8 Å². The molecule has 0 atom stereocenters. The Kier molecular flexibility index (Phi) is 6.12. The van der Waals surface area contributed by atoms with E-state index in [4.69, 9.17) is 21.5 Å². The van der Waals surface area contributed by atoms with Crippen molar-refractivity contribution in [2.24, 2.45) is 5.14 Å². The van der Waals surface area contributed by atoms with Crippen molar-refractivity contribution in [1.82, 2.24) is 4.98 Å². The number of anilines is 1. The SMILES string of the molecule is NS(=O)(=O)c1cc(NC(=O)Cc2ccccc2Cl)ccc1Oc1cncc(F)c1. The average molecular weight is 436 g/mol. The number of hydrogen-bond donors (Lipinski definition) is 2. The predicted octanol–water partition coefficient (Wildman–Crippen LogP) is 3.50. The van der Waals surface area contributed by atoms with E-state index in [0.29, 0.717) is 10.6 Å². The predicted molar refractivity (Wildman–Crippen MR) is 106 cm³/mol. The fourth-order valence-electron chi connectivity index (χ4n) is 2.49. The van der Waals surface area contributed by atoms with Crippen LogP contribution in [0.1, 0.15) is 5.56 Å². The zero-order valence-electron chi connectivity index (χ0n) is 14.8. The van der Waals surface area contributed by atoms with Crippen molar-refractivity contribution in [3.63, 3.8) is 0 Å². The number of pyridine rings is 1. The van der Waals surface area contributed by atoms with Crippen LogP contribution in [0.5, 0.6) is 11.5 Å². The molecule has 10 heteroatoms. The standard InChI is InChI=1S/C19H15ClFN3O4S/c20-16-4-2-1-3-12(16)7-19(25)24-14-5-6-17(18(9-14)29(22,26)27)28-15-8-13(21)10-23-11-15/h1-6,8-11H,7H2,(H,24,25)(H2,22,26,27). The molecule has 0 saturated carbocycles. The highest BCUT2D eigenvalue weighted by atomic mass is 35.5. The first-order valence-corrected chi connectivity index (χ1v) is 10.1. The van der Waals surface area contributed by atoms with E-state index in [1.54, 1.807) is 24.3 Å². The van der Waals surface area contributed by atoms with Crippen molar-refractivity contribution in [1.29, 1.82) is 0 Å². The van der Waals surface area contributed by atoms with Crippen LogP contribution >= 0.6 is 11.6 Å². The minimum Gasteiger partial charge on any atom is -0.454 e. The van der Waals surface area contributed by atoms with Gasteiger partial charge < -0.3 is 10.1 Å². The second-order valence-electron chi connectivity index (χ2n) is 5.96. The van der Waals surface area contributed by atoms with Crippen LogP contribution in [0.25, 0.3) is 0 Å². The average Bonchev–Trinajstić information content (AvgIpc) is 2.64. The fraction of sp³-hybridized carbons (Fsp3) is 0.0526. The summed E-state index contributed by atoms with van der Waals surface area (Å²) in [6, 6.07) is 11.8. The van der Waals surface area contributed by atoms with Crippen molar-refractivity contribution in [3.8, 4) is 11.5 Å². The van der Waals surface area contributed by atoms with Gasteiger partial charge in [-0.1, -0.05) is 29.8 Å². The topological polar surface area (TPSA) is 111 Å². The Hall–Kier alpha value is -3.01. The van der Waals surface area contributed by atoms with E-state index >= 15 is 0 Å². The molecule has 0 radical (unpaired) electrons. The maximum Gasteiger partial charge on any atom is 0.241 e. The zero-order chi connectivity index (χ0) is 21.0. The van der Waals surface area contributed by atoms with Crippen LogP contribution in [0.3, 0.4) is 0 Å². The molecule has 3 aromatic rings. The van der Waals surface area contributed by atoms with Crippen LogP contribution in [0.2, 0.25) is 5.02 Å². The Morgan fingerprint density at radius 1 is 1.17 bits per heavy atom. The molecule has 0 saturated heterocycles. The molecule has 1 aromatic heterocycles. The van der Waals surface area contributed by atoms with Gasteiger partial charge in [-0.2, -0.15) is 0 Å². The number of carbonyl (C=O) groups excluding carboxylic acids is 1. The number of benzene rings is 2. The lowest BCUT2D eigenvalue weighted by molar-refractivity contribution is -0.115. The number of carbonyl (C=O) groups is 1. The Labute approximate surface area is 171 Å². The lowest BCUT2D eigenvalue weighted by Gasteiger charge is -2.12. The molecule has 2 aromatic carbocycles. The molecule has 7 nitrogen and oxygen atoms in total. The minimum atomic E-state index is -4.20. The molecule has 0 spiro atoms. The quantitative estimate of drug-likeness (QED) is 0.615. The number of halogens is 2. The largest absolute Gasteiger partial charge is 0.454 e. The summed E-state index contributed by atoms with van der Waals surface area (Å²) in [6.45, 7) is 0. The summed E-state index contributed by atoms with van der Waals surface area (Å²) in [5.74, 6) is -1.20. The normalized spacial score (nSPS) is 11.1. The van der Waals surface area contributed by atoms with E-state index < -0.39 is 21.7 Å².